The van der Waals surface area contributed by atoms with Gasteiger partial charge in [-0.15, -0.1) is 0 Å². The molecule has 1 saturated heterocycles. The van der Waals surface area contributed by atoms with Gasteiger partial charge in [-0.1, -0.05) is 32.4 Å². The molecule has 8 heteroatoms. The second-order valence-corrected chi connectivity index (χ2v) is 7.72. The van der Waals surface area contributed by atoms with E-state index in [0.717, 1.165) is 30.9 Å². The molecule has 0 unspecified atom stereocenters. The summed E-state index contributed by atoms with van der Waals surface area (Å²) in [4.78, 5) is 28.0. The summed E-state index contributed by atoms with van der Waals surface area (Å²) >= 11 is 11.4. The molecule has 1 aliphatic rings. The summed E-state index contributed by atoms with van der Waals surface area (Å²) in [6.07, 6.45) is 1.46. The van der Waals surface area contributed by atoms with E-state index in [0.29, 0.717) is 24.5 Å². The van der Waals surface area contributed by atoms with E-state index >= 15 is 0 Å². The van der Waals surface area contributed by atoms with E-state index in [9.17, 15) is 9.59 Å². The molecule has 1 heterocycles. The summed E-state index contributed by atoms with van der Waals surface area (Å²) in [7, 11) is 0. The third kappa shape index (κ3) is 6.07. The molecule has 0 aromatic heterocycles. The molecule has 0 aliphatic carbocycles. The van der Waals surface area contributed by atoms with Crippen LogP contribution in [0.2, 0.25) is 5.02 Å². The standard InChI is InChI=1S/C19H27ClN4O2S/c1-4-5-17(25)24-10-8-23(9-11-24)16-7-6-14(20)12-15(16)21-19(27)22-18(26)13(2)3/h6-7,12-13H,4-5,8-11H2,1-3H3,(H2,21,22,26,27). The van der Waals surface area contributed by atoms with Crippen LogP contribution in [0.5, 0.6) is 0 Å². The van der Waals surface area contributed by atoms with Gasteiger partial charge < -0.3 is 20.4 Å². The average molecular weight is 411 g/mol. The lowest BCUT2D eigenvalue weighted by atomic mass is 10.2. The number of carbonyl (C=O) groups is 2. The quantitative estimate of drug-likeness (QED) is 0.729. The van der Waals surface area contributed by atoms with Gasteiger partial charge in [0.15, 0.2) is 5.11 Å². The molecule has 0 bridgehead atoms. The van der Waals surface area contributed by atoms with E-state index in [-0.39, 0.29) is 22.8 Å². The zero-order valence-electron chi connectivity index (χ0n) is 16.0. The molecule has 0 spiro atoms. The fourth-order valence-electron chi connectivity index (χ4n) is 2.86. The fraction of sp³-hybridized carbons (Fsp3) is 0.526. The number of hydrogen-bond acceptors (Lipinski definition) is 4. The Kier molecular flexibility index (Phi) is 7.86. The highest BCUT2D eigenvalue weighted by molar-refractivity contribution is 7.80. The number of piperazine rings is 1. The molecular weight excluding hydrogens is 384 g/mol. The maximum atomic E-state index is 12.1. The second kappa shape index (κ2) is 9.90. The van der Waals surface area contributed by atoms with Crippen LogP contribution in [0.1, 0.15) is 33.6 Å². The summed E-state index contributed by atoms with van der Waals surface area (Å²) in [5, 5.41) is 6.59. The topological polar surface area (TPSA) is 64.7 Å². The van der Waals surface area contributed by atoms with Crippen LogP contribution >= 0.6 is 23.8 Å². The van der Waals surface area contributed by atoms with E-state index in [1.165, 1.54) is 0 Å². The fourth-order valence-corrected chi connectivity index (χ4v) is 3.25. The molecule has 27 heavy (non-hydrogen) atoms. The molecule has 2 rings (SSSR count). The maximum absolute atomic E-state index is 12.1. The van der Waals surface area contributed by atoms with Crippen molar-refractivity contribution in [2.75, 3.05) is 36.4 Å². The summed E-state index contributed by atoms with van der Waals surface area (Å²) in [5.74, 6) is -0.0828. The largest absolute Gasteiger partial charge is 0.366 e. The first-order valence-corrected chi connectivity index (χ1v) is 10.0. The summed E-state index contributed by atoms with van der Waals surface area (Å²) in [6, 6.07) is 5.55. The van der Waals surface area contributed by atoms with Crippen molar-refractivity contribution in [1.82, 2.24) is 10.2 Å². The lowest BCUT2D eigenvalue weighted by Crippen LogP contribution is -2.49. The minimum absolute atomic E-state index is 0.140. The van der Waals surface area contributed by atoms with E-state index < -0.39 is 0 Å². The first-order chi connectivity index (χ1) is 12.8. The molecular formula is C19H27ClN4O2S. The highest BCUT2D eigenvalue weighted by Gasteiger charge is 2.22. The number of carbonyl (C=O) groups excluding carboxylic acids is 2. The van der Waals surface area contributed by atoms with Gasteiger partial charge in [0.05, 0.1) is 11.4 Å². The van der Waals surface area contributed by atoms with Gasteiger partial charge in [0, 0.05) is 43.5 Å². The van der Waals surface area contributed by atoms with Crippen LogP contribution in [0.25, 0.3) is 0 Å². The predicted octanol–water partition coefficient (Wildman–Crippen LogP) is 3.26. The number of nitrogens with zero attached hydrogens (tertiary/aromatic N) is 2. The number of thiocarbonyl (C=S) groups is 1. The normalized spacial score (nSPS) is 14.3. The summed E-state index contributed by atoms with van der Waals surface area (Å²) < 4.78 is 0. The monoisotopic (exact) mass is 410 g/mol. The Labute approximate surface area is 171 Å². The van der Waals surface area contributed by atoms with Crippen LogP contribution in [0.3, 0.4) is 0 Å². The Morgan fingerprint density at radius 2 is 1.89 bits per heavy atom. The first-order valence-electron chi connectivity index (χ1n) is 9.26. The third-order valence-electron chi connectivity index (χ3n) is 4.40. The van der Waals surface area contributed by atoms with Gasteiger partial charge >= 0.3 is 0 Å². The summed E-state index contributed by atoms with van der Waals surface area (Å²) in [5.41, 5.74) is 1.69. The van der Waals surface area contributed by atoms with E-state index in [1.54, 1.807) is 6.07 Å². The first kappa shape index (κ1) is 21.4. The van der Waals surface area contributed by atoms with Crippen LogP contribution in [0, 0.1) is 5.92 Å². The lowest BCUT2D eigenvalue weighted by Gasteiger charge is -2.37. The van der Waals surface area contributed by atoms with Gasteiger partial charge in [-0.25, -0.2) is 0 Å². The molecule has 0 saturated carbocycles. The number of halogens is 1. The van der Waals surface area contributed by atoms with Crippen molar-refractivity contribution in [3.05, 3.63) is 23.2 Å². The Bertz CT molecular complexity index is 703. The van der Waals surface area contributed by atoms with E-state index in [4.69, 9.17) is 23.8 Å². The zero-order chi connectivity index (χ0) is 20.0. The van der Waals surface area contributed by atoms with Crippen LogP contribution < -0.4 is 15.5 Å². The van der Waals surface area contributed by atoms with Gasteiger partial charge in [-0.2, -0.15) is 0 Å². The van der Waals surface area contributed by atoms with Crippen molar-refractivity contribution in [3.63, 3.8) is 0 Å². The van der Waals surface area contributed by atoms with Crippen molar-refractivity contribution in [1.29, 1.82) is 0 Å². The van der Waals surface area contributed by atoms with Crippen molar-refractivity contribution in [2.24, 2.45) is 5.92 Å². The summed E-state index contributed by atoms with van der Waals surface area (Å²) in [6.45, 7) is 8.48. The van der Waals surface area contributed by atoms with Crippen LogP contribution in [-0.4, -0.2) is 48.0 Å². The van der Waals surface area contributed by atoms with Crippen molar-refractivity contribution >= 4 is 52.1 Å². The molecule has 1 aliphatic heterocycles. The zero-order valence-corrected chi connectivity index (χ0v) is 17.6. The molecule has 148 valence electrons. The molecule has 2 amide bonds. The number of benzene rings is 1. The molecule has 1 fully saturated rings. The maximum Gasteiger partial charge on any atom is 0.228 e. The SMILES string of the molecule is CCCC(=O)N1CCN(c2ccc(Cl)cc2NC(=S)NC(=O)C(C)C)CC1. The molecule has 1 aromatic carbocycles. The minimum atomic E-state index is -0.155. The third-order valence-corrected chi connectivity index (χ3v) is 4.84. The highest BCUT2D eigenvalue weighted by Crippen LogP contribution is 2.30. The number of nitrogens with one attached hydrogen (secondary N) is 2. The number of hydrogen-bond donors (Lipinski definition) is 2. The molecule has 1 aromatic rings. The number of anilines is 2. The van der Waals surface area contributed by atoms with Gasteiger partial charge in [0.25, 0.3) is 0 Å². The Morgan fingerprint density at radius 1 is 1.22 bits per heavy atom. The van der Waals surface area contributed by atoms with Gasteiger partial charge in [0.2, 0.25) is 11.8 Å². The average Bonchev–Trinajstić information content (AvgIpc) is 2.62. The Morgan fingerprint density at radius 3 is 2.48 bits per heavy atom. The van der Waals surface area contributed by atoms with E-state index in [2.05, 4.69) is 15.5 Å². The number of rotatable bonds is 5. The molecule has 2 N–H and O–H groups in total. The molecule has 0 atom stereocenters. The van der Waals surface area contributed by atoms with Gasteiger partial charge in [0.1, 0.15) is 0 Å². The smallest absolute Gasteiger partial charge is 0.228 e. The minimum Gasteiger partial charge on any atom is -0.366 e. The molecule has 0 radical (unpaired) electrons. The predicted molar refractivity (Wildman–Crippen MR) is 114 cm³/mol. The van der Waals surface area contributed by atoms with Crippen LogP contribution in [-0.2, 0) is 9.59 Å². The van der Waals surface area contributed by atoms with Crippen LogP contribution in [0.15, 0.2) is 18.2 Å². The number of amides is 2. The van der Waals surface area contributed by atoms with Crippen molar-refractivity contribution in [2.45, 2.75) is 33.6 Å². The molecule has 6 nitrogen and oxygen atoms in total. The van der Waals surface area contributed by atoms with Crippen molar-refractivity contribution in [3.8, 4) is 0 Å². The Hall–Kier alpha value is -1.86. The van der Waals surface area contributed by atoms with Crippen LogP contribution in [0.4, 0.5) is 11.4 Å². The van der Waals surface area contributed by atoms with E-state index in [1.807, 2.05) is 37.8 Å². The Balaban J connectivity index is 2.07. The second-order valence-electron chi connectivity index (χ2n) is 6.88. The van der Waals surface area contributed by atoms with Gasteiger partial charge in [-0.3, -0.25) is 9.59 Å². The van der Waals surface area contributed by atoms with Gasteiger partial charge in [-0.05, 0) is 36.8 Å². The highest BCUT2D eigenvalue weighted by atomic mass is 35.5. The lowest BCUT2D eigenvalue weighted by molar-refractivity contribution is -0.131. The van der Waals surface area contributed by atoms with Crippen molar-refractivity contribution < 1.29 is 9.59 Å².